The van der Waals surface area contributed by atoms with Crippen molar-refractivity contribution in [2.45, 2.75) is 19.4 Å². The van der Waals surface area contributed by atoms with Crippen LogP contribution >= 0.6 is 11.6 Å². The third kappa shape index (κ3) is 4.87. The minimum absolute atomic E-state index is 0.0129. The fourth-order valence-electron chi connectivity index (χ4n) is 3.14. The zero-order chi connectivity index (χ0) is 18.5. The van der Waals surface area contributed by atoms with Crippen LogP contribution in [0.1, 0.15) is 30.5 Å². The molecule has 0 aliphatic carbocycles. The Balaban J connectivity index is 1.52. The molecule has 0 spiro atoms. The van der Waals surface area contributed by atoms with Crippen LogP contribution in [0.2, 0.25) is 5.02 Å². The van der Waals surface area contributed by atoms with E-state index in [-0.39, 0.29) is 17.7 Å². The Morgan fingerprint density at radius 3 is 2.69 bits per heavy atom. The fourth-order valence-corrected chi connectivity index (χ4v) is 3.34. The summed E-state index contributed by atoms with van der Waals surface area (Å²) in [7, 11) is 0. The van der Waals surface area contributed by atoms with Crippen molar-refractivity contribution in [3.63, 3.8) is 0 Å². The van der Waals surface area contributed by atoms with Crippen molar-refractivity contribution < 1.29 is 9.90 Å². The van der Waals surface area contributed by atoms with Gasteiger partial charge in [0, 0.05) is 18.1 Å². The first kappa shape index (κ1) is 18.5. The first-order valence-electron chi connectivity index (χ1n) is 8.77. The van der Waals surface area contributed by atoms with Gasteiger partial charge in [-0.05, 0) is 54.3 Å². The molecule has 1 aliphatic heterocycles. The molecule has 26 heavy (non-hydrogen) atoms. The van der Waals surface area contributed by atoms with Gasteiger partial charge < -0.3 is 10.4 Å². The van der Waals surface area contributed by atoms with E-state index in [1.54, 1.807) is 12.1 Å². The zero-order valence-electron chi connectivity index (χ0n) is 14.8. The summed E-state index contributed by atoms with van der Waals surface area (Å²) in [5, 5.41) is 13.1. The van der Waals surface area contributed by atoms with Crippen LogP contribution in [0.15, 0.2) is 54.6 Å². The number of carbonyl (C=O) groups is 1. The minimum atomic E-state index is -0.0749. The van der Waals surface area contributed by atoms with Crippen molar-refractivity contribution >= 4 is 23.1 Å². The molecule has 0 fully saturated rings. The minimum Gasteiger partial charge on any atom is -0.508 e. The van der Waals surface area contributed by atoms with Gasteiger partial charge in [0.05, 0.1) is 12.6 Å². The number of carbonyl (C=O) groups excluding carboxylic acids is 1. The van der Waals surface area contributed by atoms with E-state index in [1.165, 1.54) is 5.57 Å². The molecule has 136 valence electrons. The number of rotatable bonds is 5. The summed E-state index contributed by atoms with van der Waals surface area (Å²) in [6, 6.07) is 14.7. The summed E-state index contributed by atoms with van der Waals surface area (Å²) in [5.74, 6) is 0.288. The number of amides is 1. The summed E-state index contributed by atoms with van der Waals surface area (Å²) >= 11 is 6.01. The van der Waals surface area contributed by atoms with E-state index in [0.29, 0.717) is 11.6 Å². The second kappa shape index (κ2) is 8.39. The van der Waals surface area contributed by atoms with E-state index in [1.807, 2.05) is 43.3 Å². The van der Waals surface area contributed by atoms with Gasteiger partial charge in [0.15, 0.2) is 0 Å². The Morgan fingerprint density at radius 1 is 1.27 bits per heavy atom. The van der Waals surface area contributed by atoms with E-state index in [9.17, 15) is 9.90 Å². The maximum Gasteiger partial charge on any atom is 0.234 e. The standard InChI is InChI=1S/C21H23ClN2O2/c1-15(18-3-2-4-19(22)13-18)23-21(26)14-24-11-9-17(10-12-24)16-5-7-20(25)8-6-16/h2-9,13,15,25H,10-12,14H2,1H3,(H,23,26). The van der Waals surface area contributed by atoms with Crippen molar-refractivity contribution in [1.29, 1.82) is 0 Å². The number of phenols is 1. The Bertz CT molecular complexity index is 802. The predicted molar refractivity (Wildman–Crippen MR) is 105 cm³/mol. The maximum atomic E-state index is 12.3. The van der Waals surface area contributed by atoms with Crippen LogP contribution in [0, 0.1) is 0 Å². The molecule has 1 amide bonds. The molecule has 1 atom stereocenters. The van der Waals surface area contributed by atoms with Gasteiger partial charge in [-0.2, -0.15) is 0 Å². The SMILES string of the molecule is CC(NC(=O)CN1CC=C(c2ccc(O)cc2)CC1)c1cccc(Cl)c1. The van der Waals surface area contributed by atoms with E-state index < -0.39 is 0 Å². The smallest absolute Gasteiger partial charge is 0.234 e. The van der Waals surface area contributed by atoms with Crippen molar-refractivity contribution in [1.82, 2.24) is 10.2 Å². The number of halogens is 1. The van der Waals surface area contributed by atoms with E-state index in [4.69, 9.17) is 11.6 Å². The molecule has 2 aromatic rings. The molecule has 2 aromatic carbocycles. The van der Waals surface area contributed by atoms with Gasteiger partial charge in [0.1, 0.15) is 5.75 Å². The quantitative estimate of drug-likeness (QED) is 0.836. The van der Waals surface area contributed by atoms with E-state index >= 15 is 0 Å². The predicted octanol–water partition coefficient (Wildman–Crippen LogP) is 4.01. The number of hydrogen-bond donors (Lipinski definition) is 2. The molecule has 4 nitrogen and oxygen atoms in total. The highest BCUT2D eigenvalue weighted by atomic mass is 35.5. The highest BCUT2D eigenvalue weighted by molar-refractivity contribution is 6.30. The highest BCUT2D eigenvalue weighted by Gasteiger charge is 2.17. The monoisotopic (exact) mass is 370 g/mol. The number of benzene rings is 2. The lowest BCUT2D eigenvalue weighted by atomic mass is 9.99. The number of nitrogens with one attached hydrogen (secondary N) is 1. The molecule has 0 aromatic heterocycles. The van der Waals surface area contributed by atoms with Crippen LogP contribution in [0.4, 0.5) is 0 Å². The first-order valence-corrected chi connectivity index (χ1v) is 9.14. The van der Waals surface area contributed by atoms with Gasteiger partial charge in [0.25, 0.3) is 0 Å². The van der Waals surface area contributed by atoms with Crippen LogP contribution in [0.5, 0.6) is 5.75 Å². The summed E-state index contributed by atoms with van der Waals surface area (Å²) in [4.78, 5) is 14.5. The van der Waals surface area contributed by atoms with Gasteiger partial charge >= 0.3 is 0 Å². The van der Waals surface area contributed by atoms with Crippen molar-refractivity contribution in [3.8, 4) is 5.75 Å². The molecule has 1 aliphatic rings. The van der Waals surface area contributed by atoms with E-state index in [2.05, 4.69) is 16.3 Å². The molecule has 3 rings (SSSR count). The second-order valence-electron chi connectivity index (χ2n) is 6.61. The normalized spacial score (nSPS) is 16.0. The first-order chi connectivity index (χ1) is 12.5. The molecule has 1 unspecified atom stereocenters. The molecule has 2 N–H and O–H groups in total. The number of hydrogen-bond acceptors (Lipinski definition) is 3. The lowest BCUT2D eigenvalue weighted by Gasteiger charge is -2.26. The van der Waals surface area contributed by atoms with Crippen LogP contribution in [-0.4, -0.2) is 35.5 Å². The third-order valence-electron chi connectivity index (χ3n) is 4.62. The molecule has 0 saturated carbocycles. The Morgan fingerprint density at radius 2 is 2.04 bits per heavy atom. The van der Waals surface area contributed by atoms with Gasteiger partial charge in [-0.25, -0.2) is 0 Å². The van der Waals surface area contributed by atoms with Crippen molar-refractivity contribution in [2.75, 3.05) is 19.6 Å². The van der Waals surface area contributed by atoms with E-state index in [0.717, 1.165) is 30.6 Å². The average Bonchev–Trinajstić information content (AvgIpc) is 2.63. The number of aromatic hydroxyl groups is 1. The lowest BCUT2D eigenvalue weighted by Crippen LogP contribution is -2.40. The van der Waals surface area contributed by atoms with Gasteiger partial charge in [-0.1, -0.05) is 41.9 Å². The topological polar surface area (TPSA) is 52.6 Å². The maximum absolute atomic E-state index is 12.3. The summed E-state index contributed by atoms with van der Waals surface area (Å²) < 4.78 is 0. The molecular formula is C21H23ClN2O2. The van der Waals surface area contributed by atoms with Gasteiger partial charge in [0.2, 0.25) is 5.91 Å². The summed E-state index contributed by atoms with van der Waals surface area (Å²) in [6.07, 6.45) is 3.05. The molecule has 5 heteroatoms. The van der Waals surface area contributed by atoms with Crippen LogP contribution < -0.4 is 5.32 Å². The Labute approximate surface area is 159 Å². The average molecular weight is 371 g/mol. The Hall–Kier alpha value is -2.30. The van der Waals surface area contributed by atoms with Crippen LogP contribution in [0.3, 0.4) is 0 Å². The fraction of sp³-hybridized carbons (Fsp3) is 0.286. The Kier molecular flexibility index (Phi) is 5.96. The molecule has 1 heterocycles. The molecule has 0 saturated heterocycles. The molecule has 0 radical (unpaired) electrons. The summed E-state index contributed by atoms with van der Waals surface area (Å²) in [5.41, 5.74) is 3.38. The lowest BCUT2D eigenvalue weighted by molar-refractivity contribution is -0.122. The number of phenolic OH excluding ortho intramolecular Hbond substituents is 1. The van der Waals surface area contributed by atoms with Crippen molar-refractivity contribution in [3.05, 3.63) is 70.8 Å². The second-order valence-corrected chi connectivity index (χ2v) is 7.04. The largest absolute Gasteiger partial charge is 0.508 e. The highest BCUT2D eigenvalue weighted by Crippen LogP contribution is 2.24. The zero-order valence-corrected chi connectivity index (χ0v) is 15.5. The van der Waals surface area contributed by atoms with Gasteiger partial charge in [-0.15, -0.1) is 0 Å². The third-order valence-corrected chi connectivity index (χ3v) is 4.86. The van der Waals surface area contributed by atoms with Crippen LogP contribution in [0.25, 0.3) is 5.57 Å². The van der Waals surface area contributed by atoms with Crippen LogP contribution in [-0.2, 0) is 4.79 Å². The van der Waals surface area contributed by atoms with Gasteiger partial charge in [-0.3, -0.25) is 9.69 Å². The number of nitrogens with zero attached hydrogens (tertiary/aromatic N) is 1. The molecule has 0 bridgehead atoms. The molecular weight excluding hydrogens is 348 g/mol. The van der Waals surface area contributed by atoms with Crippen molar-refractivity contribution in [2.24, 2.45) is 0 Å². The summed E-state index contributed by atoms with van der Waals surface area (Å²) in [6.45, 7) is 3.92.